The molecule has 2 aliphatic rings. The Balaban J connectivity index is 1.40. The summed E-state index contributed by atoms with van der Waals surface area (Å²) in [6, 6.07) is 10.7. The van der Waals surface area contributed by atoms with E-state index in [0.717, 1.165) is 13.1 Å². The van der Waals surface area contributed by atoms with E-state index in [1.165, 1.54) is 15.2 Å². The number of Topliss-reactive ketones (excluding diaryl/α,β-unsaturated/α-hetero) is 1. The molecule has 0 amide bonds. The van der Waals surface area contributed by atoms with Crippen molar-refractivity contribution in [3.8, 4) is 0 Å². The second kappa shape index (κ2) is 11.4. The van der Waals surface area contributed by atoms with Crippen LogP contribution < -0.4 is 5.32 Å². The van der Waals surface area contributed by atoms with Crippen LogP contribution in [0, 0.1) is 0 Å². The minimum atomic E-state index is -3.70. The third-order valence-corrected chi connectivity index (χ3v) is 8.96. The Morgan fingerprint density at radius 1 is 1.15 bits per heavy atom. The highest BCUT2D eigenvalue weighted by Gasteiger charge is 2.32. The van der Waals surface area contributed by atoms with Crippen LogP contribution in [0.5, 0.6) is 0 Å². The molecule has 0 aliphatic carbocycles. The number of carbonyl (C=O) groups excluding carboxylic acids is 1. The standard InChI is InChI=1S/C24H33N3O5S2/c1-18-16-27(17-19(2)32-18)34(29,30)21-6-3-5-20(13-21)23(28)15-25-14-22(24-7-4-12-33-24)26-8-10-31-11-9-26/h3-7,12-13,18-19,22,25H,8-11,14-17H2,1-2H3. The first-order chi connectivity index (χ1) is 16.3. The van der Waals surface area contributed by atoms with Gasteiger partial charge in [-0.3, -0.25) is 9.69 Å². The maximum Gasteiger partial charge on any atom is 0.243 e. The van der Waals surface area contributed by atoms with E-state index in [0.29, 0.717) is 38.4 Å². The van der Waals surface area contributed by atoms with Gasteiger partial charge in [-0.25, -0.2) is 8.42 Å². The topological polar surface area (TPSA) is 88.2 Å². The predicted octanol–water partition coefficient (Wildman–Crippen LogP) is 2.39. The van der Waals surface area contributed by atoms with Gasteiger partial charge in [0, 0.05) is 43.2 Å². The Morgan fingerprint density at radius 3 is 2.56 bits per heavy atom. The number of ketones is 1. The zero-order chi connectivity index (χ0) is 24.1. The number of morpholine rings is 2. The molecule has 0 saturated carbocycles. The van der Waals surface area contributed by atoms with Gasteiger partial charge in [-0.05, 0) is 37.4 Å². The molecule has 0 bridgehead atoms. The number of nitrogens with one attached hydrogen (secondary N) is 1. The summed E-state index contributed by atoms with van der Waals surface area (Å²) in [6.07, 6.45) is -0.342. The van der Waals surface area contributed by atoms with Crippen molar-refractivity contribution < 1.29 is 22.7 Å². The third-order valence-electron chi connectivity index (χ3n) is 6.16. The highest BCUT2D eigenvalue weighted by molar-refractivity contribution is 7.89. The maximum atomic E-state index is 13.2. The molecule has 3 atom stereocenters. The average molecular weight is 508 g/mol. The van der Waals surface area contributed by atoms with E-state index >= 15 is 0 Å². The maximum absolute atomic E-state index is 13.2. The van der Waals surface area contributed by atoms with Crippen LogP contribution in [0.25, 0.3) is 0 Å². The normalized spacial score (nSPS) is 23.6. The van der Waals surface area contributed by atoms with Crippen molar-refractivity contribution in [3.05, 3.63) is 52.2 Å². The smallest absolute Gasteiger partial charge is 0.243 e. The van der Waals surface area contributed by atoms with Crippen molar-refractivity contribution in [1.82, 2.24) is 14.5 Å². The van der Waals surface area contributed by atoms with Crippen molar-refractivity contribution in [3.63, 3.8) is 0 Å². The minimum Gasteiger partial charge on any atom is -0.379 e. The molecular weight excluding hydrogens is 474 g/mol. The van der Waals surface area contributed by atoms with Gasteiger partial charge in [-0.2, -0.15) is 4.31 Å². The monoisotopic (exact) mass is 507 g/mol. The quantitative estimate of drug-likeness (QED) is 0.522. The van der Waals surface area contributed by atoms with E-state index in [2.05, 4.69) is 21.7 Å². The highest BCUT2D eigenvalue weighted by Crippen LogP contribution is 2.26. The van der Waals surface area contributed by atoms with E-state index in [1.807, 2.05) is 19.9 Å². The molecule has 34 heavy (non-hydrogen) atoms. The van der Waals surface area contributed by atoms with Crippen molar-refractivity contribution in [2.75, 3.05) is 52.5 Å². The zero-order valence-electron chi connectivity index (χ0n) is 19.7. The molecule has 2 saturated heterocycles. The highest BCUT2D eigenvalue weighted by atomic mass is 32.2. The molecule has 1 N–H and O–H groups in total. The summed E-state index contributed by atoms with van der Waals surface area (Å²) in [6.45, 7) is 8.25. The number of carbonyl (C=O) groups is 1. The number of thiophene rings is 1. The van der Waals surface area contributed by atoms with Crippen LogP contribution in [0.4, 0.5) is 0 Å². The SMILES string of the molecule is CC1CN(S(=O)(=O)c2cccc(C(=O)CNCC(c3cccs3)N3CCOCC3)c2)CC(C)O1. The van der Waals surface area contributed by atoms with Crippen LogP contribution in [0.2, 0.25) is 0 Å². The summed E-state index contributed by atoms with van der Waals surface area (Å²) >= 11 is 1.71. The third kappa shape index (κ3) is 6.12. The molecule has 1 aromatic heterocycles. The number of benzene rings is 1. The van der Waals surface area contributed by atoms with Crippen LogP contribution >= 0.6 is 11.3 Å². The summed E-state index contributed by atoms with van der Waals surface area (Å²) in [5, 5.41) is 5.37. The first-order valence-corrected chi connectivity index (χ1v) is 14.0. The van der Waals surface area contributed by atoms with Crippen molar-refractivity contribution in [1.29, 1.82) is 0 Å². The lowest BCUT2D eigenvalue weighted by molar-refractivity contribution is -0.0440. The van der Waals surface area contributed by atoms with Crippen molar-refractivity contribution in [2.24, 2.45) is 0 Å². The Bertz CT molecular complexity index is 1040. The van der Waals surface area contributed by atoms with E-state index in [-0.39, 0.29) is 35.5 Å². The summed E-state index contributed by atoms with van der Waals surface area (Å²) in [7, 11) is -3.70. The predicted molar refractivity (Wildman–Crippen MR) is 132 cm³/mol. The van der Waals surface area contributed by atoms with Crippen LogP contribution in [0.3, 0.4) is 0 Å². The molecule has 186 valence electrons. The van der Waals surface area contributed by atoms with Crippen molar-refractivity contribution >= 4 is 27.1 Å². The molecule has 2 aromatic rings. The fraction of sp³-hybridized carbons (Fsp3) is 0.542. The second-order valence-electron chi connectivity index (χ2n) is 8.84. The number of sulfonamides is 1. The molecule has 3 heterocycles. The molecule has 3 unspecified atom stereocenters. The molecule has 2 fully saturated rings. The minimum absolute atomic E-state index is 0.132. The summed E-state index contributed by atoms with van der Waals surface area (Å²) < 4.78 is 39.0. The molecule has 0 radical (unpaired) electrons. The summed E-state index contributed by atoms with van der Waals surface area (Å²) in [5.74, 6) is -0.132. The van der Waals surface area contributed by atoms with Gasteiger partial charge in [0.05, 0.1) is 42.9 Å². The number of nitrogens with zero attached hydrogens (tertiary/aromatic N) is 2. The van der Waals surface area contributed by atoms with E-state index < -0.39 is 10.0 Å². The lowest BCUT2D eigenvalue weighted by Crippen LogP contribution is -2.48. The molecule has 4 rings (SSSR count). The van der Waals surface area contributed by atoms with Gasteiger partial charge in [-0.1, -0.05) is 18.2 Å². The van der Waals surface area contributed by atoms with Gasteiger partial charge in [0.15, 0.2) is 5.78 Å². The van der Waals surface area contributed by atoms with Crippen LogP contribution in [-0.2, 0) is 19.5 Å². The molecular formula is C24H33N3O5S2. The number of hydrogen-bond acceptors (Lipinski definition) is 8. The number of hydrogen-bond donors (Lipinski definition) is 1. The Hall–Kier alpha value is -1.66. The van der Waals surface area contributed by atoms with Gasteiger partial charge in [-0.15, -0.1) is 11.3 Å². The van der Waals surface area contributed by atoms with Gasteiger partial charge < -0.3 is 14.8 Å². The largest absolute Gasteiger partial charge is 0.379 e. The first kappa shape index (κ1) is 25.4. The van der Waals surface area contributed by atoms with Crippen LogP contribution in [-0.4, -0.2) is 88.1 Å². The molecule has 8 nitrogen and oxygen atoms in total. The van der Waals surface area contributed by atoms with E-state index in [4.69, 9.17) is 9.47 Å². The molecule has 0 spiro atoms. The van der Waals surface area contributed by atoms with E-state index in [1.54, 1.807) is 29.5 Å². The number of ether oxygens (including phenoxy) is 2. The lowest BCUT2D eigenvalue weighted by atomic mass is 10.1. The first-order valence-electron chi connectivity index (χ1n) is 11.7. The molecule has 1 aromatic carbocycles. The van der Waals surface area contributed by atoms with Crippen molar-refractivity contribution in [2.45, 2.75) is 37.0 Å². The summed E-state index contributed by atoms with van der Waals surface area (Å²) in [5.41, 5.74) is 0.391. The zero-order valence-corrected chi connectivity index (χ0v) is 21.3. The van der Waals surface area contributed by atoms with E-state index in [9.17, 15) is 13.2 Å². The van der Waals surface area contributed by atoms with Crippen LogP contribution in [0.1, 0.15) is 35.1 Å². The number of rotatable bonds is 9. The van der Waals surface area contributed by atoms with Gasteiger partial charge >= 0.3 is 0 Å². The van der Waals surface area contributed by atoms with Gasteiger partial charge in [0.1, 0.15) is 0 Å². The fourth-order valence-electron chi connectivity index (χ4n) is 4.51. The Labute approximate surface area is 205 Å². The molecule has 2 aliphatic heterocycles. The second-order valence-corrected chi connectivity index (χ2v) is 11.8. The van der Waals surface area contributed by atoms with Crippen LogP contribution in [0.15, 0.2) is 46.7 Å². The average Bonchev–Trinajstić information content (AvgIpc) is 3.36. The lowest BCUT2D eigenvalue weighted by Gasteiger charge is -2.34. The fourth-order valence-corrected chi connectivity index (χ4v) is 7.01. The Kier molecular flexibility index (Phi) is 8.52. The Morgan fingerprint density at radius 2 is 1.88 bits per heavy atom. The van der Waals surface area contributed by atoms with Gasteiger partial charge in [0.25, 0.3) is 0 Å². The van der Waals surface area contributed by atoms with Gasteiger partial charge in [0.2, 0.25) is 10.0 Å². The molecule has 10 heteroatoms. The summed E-state index contributed by atoms with van der Waals surface area (Å²) in [4.78, 5) is 16.7.